The maximum Gasteiger partial charge on any atom is 0.306 e. The lowest BCUT2D eigenvalue weighted by atomic mass is 9.94. The van der Waals surface area contributed by atoms with Crippen molar-refractivity contribution in [3.8, 4) is 0 Å². The normalized spacial score (nSPS) is 14.4. The molecule has 0 radical (unpaired) electrons. The van der Waals surface area contributed by atoms with E-state index in [-0.39, 0.29) is 18.0 Å². The topological polar surface area (TPSA) is 52.3 Å². The summed E-state index contributed by atoms with van der Waals surface area (Å²) in [6, 6.07) is 0. The third kappa shape index (κ3) is 11.0. The van der Waals surface area contributed by atoms with Gasteiger partial charge in [0.15, 0.2) is 0 Å². The zero-order valence-corrected chi connectivity index (χ0v) is 13.3. The van der Waals surface area contributed by atoms with Crippen LogP contribution in [0.15, 0.2) is 0 Å². The fourth-order valence-electron chi connectivity index (χ4n) is 2.36. The van der Waals surface area contributed by atoms with Gasteiger partial charge in [0.25, 0.3) is 0 Å². The first-order chi connectivity index (χ1) is 8.99. The van der Waals surface area contributed by atoms with Gasteiger partial charge in [-0.25, -0.2) is 0 Å². The number of nitrogens with two attached hydrogens (primary N) is 1. The van der Waals surface area contributed by atoms with Crippen LogP contribution in [0.2, 0.25) is 0 Å². The molecule has 2 N–H and O–H groups in total. The van der Waals surface area contributed by atoms with Crippen LogP contribution in [0, 0.1) is 11.8 Å². The van der Waals surface area contributed by atoms with Gasteiger partial charge in [-0.05, 0) is 44.6 Å². The second-order valence-corrected chi connectivity index (χ2v) is 6.09. The first-order valence-corrected chi connectivity index (χ1v) is 7.89. The highest BCUT2D eigenvalue weighted by atomic mass is 16.5. The van der Waals surface area contributed by atoms with Gasteiger partial charge in [0.1, 0.15) is 0 Å². The van der Waals surface area contributed by atoms with E-state index in [1.165, 1.54) is 19.3 Å². The molecule has 2 atom stereocenters. The molecule has 0 aromatic carbocycles. The molecule has 3 nitrogen and oxygen atoms in total. The number of ether oxygens (including phenoxy) is 1. The van der Waals surface area contributed by atoms with Crippen molar-refractivity contribution in [2.75, 3.05) is 6.54 Å². The van der Waals surface area contributed by atoms with Crippen molar-refractivity contribution in [1.82, 2.24) is 0 Å². The van der Waals surface area contributed by atoms with Gasteiger partial charge in [-0.1, -0.05) is 40.0 Å². The smallest absolute Gasteiger partial charge is 0.306 e. The Morgan fingerprint density at radius 3 is 2.37 bits per heavy atom. The van der Waals surface area contributed by atoms with Crippen LogP contribution >= 0.6 is 0 Å². The van der Waals surface area contributed by atoms with E-state index < -0.39 is 0 Å². The highest BCUT2D eigenvalue weighted by Gasteiger charge is 2.16. The average molecular weight is 271 g/mol. The molecule has 0 aromatic rings. The second-order valence-electron chi connectivity index (χ2n) is 6.09. The Bertz CT molecular complexity index is 229. The first-order valence-electron chi connectivity index (χ1n) is 7.89. The van der Waals surface area contributed by atoms with Gasteiger partial charge in [0.05, 0.1) is 6.10 Å². The minimum absolute atomic E-state index is 0.0434. The van der Waals surface area contributed by atoms with Gasteiger partial charge >= 0.3 is 5.97 Å². The third-order valence-electron chi connectivity index (χ3n) is 3.39. The van der Waals surface area contributed by atoms with Crippen LogP contribution in [0.4, 0.5) is 0 Å². The molecule has 3 heteroatoms. The van der Waals surface area contributed by atoms with Crippen molar-refractivity contribution < 1.29 is 9.53 Å². The van der Waals surface area contributed by atoms with Gasteiger partial charge < -0.3 is 10.5 Å². The summed E-state index contributed by atoms with van der Waals surface area (Å²) in [5.41, 5.74) is 5.71. The molecule has 2 unspecified atom stereocenters. The van der Waals surface area contributed by atoms with Gasteiger partial charge in [0, 0.05) is 6.42 Å². The molecule has 0 aliphatic carbocycles. The molecule has 0 aliphatic heterocycles. The SMILES string of the molecule is CCCCCCC(C)OC(=O)CC(CN)CC(C)C. The Balaban J connectivity index is 3.81. The summed E-state index contributed by atoms with van der Waals surface area (Å²) in [5, 5.41) is 0. The zero-order valence-electron chi connectivity index (χ0n) is 13.3. The molecule has 19 heavy (non-hydrogen) atoms. The highest BCUT2D eigenvalue weighted by molar-refractivity contribution is 5.69. The average Bonchev–Trinajstić information content (AvgIpc) is 2.33. The van der Waals surface area contributed by atoms with Gasteiger partial charge in [-0.15, -0.1) is 0 Å². The summed E-state index contributed by atoms with van der Waals surface area (Å²) in [6.45, 7) is 9.07. The summed E-state index contributed by atoms with van der Waals surface area (Å²) in [7, 11) is 0. The van der Waals surface area contributed by atoms with Crippen molar-refractivity contribution in [2.24, 2.45) is 17.6 Å². The lowest BCUT2D eigenvalue weighted by Crippen LogP contribution is -2.23. The number of unbranched alkanes of at least 4 members (excludes halogenated alkanes) is 3. The highest BCUT2D eigenvalue weighted by Crippen LogP contribution is 2.16. The fraction of sp³-hybridized carbons (Fsp3) is 0.938. The molecule has 0 bridgehead atoms. The number of carbonyl (C=O) groups is 1. The molecule has 0 spiro atoms. The van der Waals surface area contributed by atoms with Crippen LogP contribution in [0.1, 0.15) is 72.6 Å². The van der Waals surface area contributed by atoms with Crippen LogP contribution < -0.4 is 5.73 Å². The molecule has 0 saturated carbocycles. The van der Waals surface area contributed by atoms with Gasteiger partial charge in [-0.3, -0.25) is 4.79 Å². The number of rotatable bonds is 11. The first kappa shape index (κ1) is 18.4. The van der Waals surface area contributed by atoms with Crippen LogP contribution in [0.25, 0.3) is 0 Å². The number of carbonyl (C=O) groups excluding carboxylic acids is 1. The van der Waals surface area contributed by atoms with Crippen LogP contribution in [0.5, 0.6) is 0 Å². The van der Waals surface area contributed by atoms with Crippen LogP contribution in [-0.4, -0.2) is 18.6 Å². The predicted octanol–water partition coefficient (Wildman–Crippen LogP) is 3.90. The second kappa shape index (κ2) is 11.3. The van der Waals surface area contributed by atoms with E-state index in [2.05, 4.69) is 20.8 Å². The van der Waals surface area contributed by atoms with Crippen molar-refractivity contribution in [2.45, 2.75) is 78.7 Å². The summed E-state index contributed by atoms with van der Waals surface area (Å²) in [6.07, 6.45) is 7.37. The van der Waals surface area contributed by atoms with Crippen LogP contribution in [0.3, 0.4) is 0 Å². The van der Waals surface area contributed by atoms with Crippen LogP contribution in [-0.2, 0) is 9.53 Å². The predicted molar refractivity (Wildman–Crippen MR) is 80.9 cm³/mol. The van der Waals surface area contributed by atoms with E-state index in [0.717, 1.165) is 19.3 Å². The van der Waals surface area contributed by atoms with Crippen molar-refractivity contribution in [3.05, 3.63) is 0 Å². The molecular formula is C16H33NO2. The summed E-state index contributed by atoms with van der Waals surface area (Å²) in [5.74, 6) is 0.756. The van der Waals surface area contributed by atoms with Gasteiger partial charge in [0.2, 0.25) is 0 Å². The Hall–Kier alpha value is -0.570. The number of esters is 1. The molecule has 0 aliphatic rings. The van der Waals surface area contributed by atoms with E-state index in [0.29, 0.717) is 18.9 Å². The third-order valence-corrected chi connectivity index (χ3v) is 3.39. The van der Waals surface area contributed by atoms with E-state index in [9.17, 15) is 4.79 Å². The lowest BCUT2D eigenvalue weighted by molar-refractivity contribution is -0.149. The fourth-order valence-corrected chi connectivity index (χ4v) is 2.36. The minimum atomic E-state index is -0.0842. The van der Waals surface area contributed by atoms with Crippen molar-refractivity contribution >= 4 is 5.97 Å². The number of hydrogen-bond acceptors (Lipinski definition) is 3. The lowest BCUT2D eigenvalue weighted by Gasteiger charge is -2.18. The molecule has 0 fully saturated rings. The molecule has 0 rings (SSSR count). The van der Waals surface area contributed by atoms with Crippen molar-refractivity contribution in [1.29, 1.82) is 0 Å². The van der Waals surface area contributed by atoms with Crippen molar-refractivity contribution in [3.63, 3.8) is 0 Å². The Morgan fingerprint density at radius 1 is 1.16 bits per heavy atom. The molecule has 0 saturated heterocycles. The maximum atomic E-state index is 11.8. The number of hydrogen-bond donors (Lipinski definition) is 1. The molecule has 114 valence electrons. The summed E-state index contributed by atoms with van der Waals surface area (Å²) < 4.78 is 5.45. The minimum Gasteiger partial charge on any atom is -0.463 e. The van der Waals surface area contributed by atoms with E-state index in [1.807, 2.05) is 6.92 Å². The molecular weight excluding hydrogens is 238 g/mol. The quantitative estimate of drug-likeness (QED) is 0.458. The standard InChI is InChI=1S/C16H33NO2/c1-5-6-7-8-9-14(4)19-16(18)11-15(12-17)10-13(2)3/h13-15H,5-12,17H2,1-4H3. The molecule has 0 aromatic heterocycles. The summed E-state index contributed by atoms with van der Waals surface area (Å²) >= 11 is 0. The molecule has 0 heterocycles. The largest absolute Gasteiger partial charge is 0.463 e. The Labute approximate surface area is 119 Å². The molecule has 0 amide bonds. The Morgan fingerprint density at radius 2 is 1.84 bits per heavy atom. The van der Waals surface area contributed by atoms with E-state index in [1.54, 1.807) is 0 Å². The zero-order chi connectivity index (χ0) is 14.7. The monoisotopic (exact) mass is 271 g/mol. The van der Waals surface area contributed by atoms with E-state index >= 15 is 0 Å². The Kier molecular flexibility index (Phi) is 10.9. The van der Waals surface area contributed by atoms with Gasteiger partial charge in [-0.2, -0.15) is 0 Å². The maximum absolute atomic E-state index is 11.8. The summed E-state index contributed by atoms with van der Waals surface area (Å²) in [4.78, 5) is 11.8. The van der Waals surface area contributed by atoms with E-state index in [4.69, 9.17) is 10.5 Å².